The highest BCUT2D eigenvalue weighted by molar-refractivity contribution is 7.45. The molecule has 0 aliphatic carbocycles. The van der Waals surface area contributed by atoms with Crippen LogP contribution < -0.4 is 4.89 Å². The molecule has 0 saturated carbocycles. The Kier molecular flexibility index (Phi) is 60.7. The van der Waals surface area contributed by atoms with Crippen molar-refractivity contribution in [2.75, 3.05) is 47.5 Å². The minimum atomic E-state index is -4.65. The van der Waals surface area contributed by atoms with E-state index >= 15 is 0 Å². The fourth-order valence-corrected chi connectivity index (χ4v) is 9.70. The van der Waals surface area contributed by atoms with Gasteiger partial charge in [0.15, 0.2) is 6.10 Å². The van der Waals surface area contributed by atoms with E-state index in [0.717, 1.165) is 122 Å². The van der Waals surface area contributed by atoms with Crippen molar-refractivity contribution in [1.29, 1.82) is 0 Å². The van der Waals surface area contributed by atoms with Crippen LogP contribution in [0.4, 0.5) is 0 Å². The van der Waals surface area contributed by atoms with Crippen LogP contribution in [0.15, 0.2) is 134 Å². The van der Waals surface area contributed by atoms with Crippen LogP contribution in [0.2, 0.25) is 0 Å². The molecule has 0 aromatic rings. The van der Waals surface area contributed by atoms with Crippen molar-refractivity contribution >= 4 is 19.8 Å². The first kappa shape index (κ1) is 80.2. The second-order valence-electron chi connectivity index (χ2n) is 23.5. The van der Waals surface area contributed by atoms with Gasteiger partial charge >= 0.3 is 11.9 Å². The minimum absolute atomic E-state index is 0.0385. The lowest BCUT2D eigenvalue weighted by Crippen LogP contribution is -2.37. The molecule has 0 aliphatic heterocycles. The summed E-state index contributed by atoms with van der Waals surface area (Å²) >= 11 is 0. The van der Waals surface area contributed by atoms with Crippen LogP contribution in [-0.2, 0) is 32.7 Å². The van der Waals surface area contributed by atoms with Crippen molar-refractivity contribution in [3.8, 4) is 0 Å². The molecule has 0 aromatic heterocycles. The van der Waals surface area contributed by atoms with Gasteiger partial charge in [-0.3, -0.25) is 14.2 Å². The molecule has 0 bridgehead atoms. The van der Waals surface area contributed by atoms with E-state index < -0.39 is 32.5 Å². The highest BCUT2D eigenvalue weighted by Gasteiger charge is 2.22. The molecular formula is C74H126NO8P. The Hall–Kier alpha value is -3.85. The van der Waals surface area contributed by atoms with Crippen molar-refractivity contribution in [3.05, 3.63) is 134 Å². The highest BCUT2D eigenvalue weighted by Crippen LogP contribution is 2.38. The van der Waals surface area contributed by atoms with Crippen LogP contribution in [0.25, 0.3) is 0 Å². The lowest BCUT2D eigenvalue weighted by Gasteiger charge is -2.28. The molecule has 2 unspecified atom stereocenters. The number of nitrogens with zero attached hydrogens (tertiary/aromatic N) is 1. The minimum Gasteiger partial charge on any atom is -0.756 e. The lowest BCUT2D eigenvalue weighted by atomic mass is 10.0. The SMILES string of the molecule is CC/C=C\C/C=C\C/C=C\C/C=C\C/C=C\C/C=C\C/C=C\C/C=C\CCCCCCCCCCCCCCCCC(=O)OC(COC(=O)CCCCCCCC/C=C\C/C=C\C/C=C\CCCCCCC)COP(=O)([O-])OCC[N+](C)(C)C. The average molecular weight is 1190 g/mol. The fraction of sp³-hybridized carbons (Fsp3) is 0.676. The van der Waals surface area contributed by atoms with Crippen LogP contribution >= 0.6 is 7.82 Å². The van der Waals surface area contributed by atoms with E-state index in [4.69, 9.17) is 18.5 Å². The fourth-order valence-electron chi connectivity index (χ4n) is 8.97. The predicted molar refractivity (Wildman–Crippen MR) is 360 cm³/mol. The molecule has 0 rings (SSSR count). The number of hydrogen-bond donors (Lipinski definition) is 0. The Bertz CT molecular complexity index is 1880. The van der Waals surface area contributed by atoms with Gasteiger partial charge in [0.2, 0.25) is 0 Å². The van der Waals surface area contributed by atoms with Gasteiger partial charge in [-0.25, -0.2) is 0 Å². The number of likely N-dealkylation sites (N-methyl/N-ethyl adjacent to an activating group) is 1. The second kappa shape index (κ2) is 63.6. The number of allylic oxidation sites excluding steroid dienone is 22. The molecule has 0 N–H and O–H groups in total. The molecule has 10 heteroatoms. The average Bonchev–Trinajstić information content (AvgIpc) is 3.61. The zero-order valence-corrected chi connectivity index (χ0v) is 55.4. The molecule has 2 atom stereocenters. The van der Waals surface area contributed by atoms with E-state index in [0.29, 0.717) is 23.9 Å². The van der Waals surface area contributed by atoms with Crippen LogP contribution in [0.3, 0.4) is 0 Å². The molecule has 0 amide bonds. The molecular weight excluding hydrogens is 1060 g/mol. The Morgan fingerprint density at radius 1 is 0.381 bits per heavy atom. The van der Waals surface area contributed by atoms with Gasteiger partial charge in [0.1, 0.15) is 19.8 Å². The van der Waals surface area contributed by atoms with Crippen molar-refractivity contribution < 1.29 is 42.1 Å². The van der Waals surface area contributed by atoms with Crippen LogP contribution in [0, 0.1) is 0 Å². The molecule has 0 heterocycles. The summed E-state index contributed by atoms with van der Waals surface area (Å²) in [5.41, 5.74) is 0. The normalized spacial score (nSPS) is 14.0. The second-order valence-corrected chi connectivity index (χ2v) is 24.9. The summed E-state index contributed by atoms with van der Waals surface area (Å²) in [6.45, 7) is 4.10. The van der Waals surface area contributed by atoms with Gasteiger partial charge in [-0.15, -0.1) is 0 Å². The largest absolute Gasteiger partial charge is 0.756 e. The molecule has 480 valence electrons. The number of esters is 2. The van der Waals surface area contributed by atoms with E-state index in [2.05, 4.69) is 148 Å². The summed E-state index contributed by atoms with van der Waals surface area (Å²) < 4.78 is 34.2. The first-order valence-corrected chi connectivity index (χ1v) is 35.4. The Labute approximate surface area is 517 Å². The summed E-state index contributed by atoms with van der Waals surface area (Å²) in [6, 6.07) is 0. The molecule has 0 aliphatic rings. The topological polar surface area (TPSA) is 111 Å². The molecule has 84 heavy (non-hydrogen) atoms. The van der Waals surface area contributed by atoms with Crippen LogP contribution in [0.5, 0.6) is 0 Å². The van der Waals surface area contributed by atoms with Gasteiger partial charge in [0.05, 0.1) is 27.7 Å². The molecule has 0 saturated heterocycles. The summed E-state index contributed by atoms with van der Waals surface area (Å²) in [4.78, 5) is 38.0. The number of ether oxygens (including phenoxy) is 2. The first-order valence-electron chi connectivity index (χ1n) is 33.9. The van der Waals surface area contributed by atoms with Crippen LogP contribution in [0.1, 0.15) is 271 Å². The smallest absolute Gasteiger partial charge is 0.306 e. The zero-order chi connectivity index (χ0) is 61.2. The van der Waals surface area contributed by atoms with Crippen LogP contribution in [-0.4, -0.2) is 70.0 Å². The van der Waals surface area contributed by atoms with Crippen molar-refractivity contribution in [1.82, 2.24) is 0 Å². The monoisotopic (exact) mass is 1190 g/mol. The first-order chi connectivity index (χ1) is 41.0. The molecule has 0 aromatic carbocycles. The number of carbonyl (C=O) groups excluding carboxylic acids is 2. The third-order valence-electron chi connectivity index (χ3n) is 14.2. The van der Waals surface area contributed by atoms with Crippen molar-refractivity contribution in [2.24, 2.45) is 0 Å². The van der Waals surface area contributed by atoms with Gasteiger partial charge in [-0.2, -0.15) is 0 Å². The number of phosphoric acid groups is 1. The standard InChI is InChI=1S/C74H126NO8P/c1-6-8-10-12-14-16-18-20-22-24-26-28-29-30-31-32-33-34-35-36-37-38-39-40-41-42-43-44-45-47-49-51-53-55-57-59-61-63-65-67-74(77)83-72(71-82-84(78,79)81-69-68-75(3,4)5)70-80-73(76)66-64-62-60-58-56-54-52-50-48-46-27-25-23-21-19-17-15-13-11-9-7-2/h8,10,14,16,19-22,25-28,30-31,33-34,36-37,39-40,48,50,72H,6-7,9,11-13,15,17-18,23-24,29,32,35,38,41-47,49,51-71H2,1-5H3/b10-8-,16-14-,21-19-,22-20-,27-25-,28-26-,31-30-,34-33-,37-36-,40-39-,50-48-. The number of quaternary nitrogens is 1. The molecule has 9 nitrogen and oxygen atoms in total. The van der Waals surface area contributed by atoms with Gasteiger partial charge in [0.25, 0.3) is 7.82 Å². The Morgan fingerprint density at radius 3 is 1.01 bits per heavy atom. The van der Waals surface area contributed by atoms with Crippen molar-refractivity contribution in [3.63, 3.8) is 0 Å². The Balaban J connectivity index is 4.08. The van der Waals surface area contributed by atoms with E-state index in [1.807, 2.05) is 21.1 Å². The zero-order valence-electron chi connectivity index (χ0n) is 54.6. The number of rotatable bonds is 61. The number of unbranched alkanes of at least 4 members (excludes halogenated alkanes) is 25. The summed E-state index contributed by atoms with van der Waals surface area (Å²) in [5, 5.41) is 0. The van der Waals surface area contributed by atoms with E-state index in [-0.39, 0.29) is 26.1 Å². The lowest BCUT2D eigenvalue weighted by molar-refractivity contribution is -0.870. The van der Waals surface area contributed by atoms with Gasteiger partial charge in [0, 0.05) is 12.8 Å². The predicted octanol–water partition coefficient (Wildman–Crippen LogP) is 21.4. The van der Waals surface area contributed by atoms with E-state index in [1.54, 1.807) is 0 Å². The maximum atomic E-state index is 12.9. The van der Waals surface area contributed by atoms with Gasteiger partial charge in [-0.05, 0) is 116 Å². The number of carbonyl (C=O) groups is 2. The third-order valence-corrected chi connectivity index (χ3v) is 15.1. The number of hydrogen-bond acceptors (Lipinski definition) is 8. The third kappa shape index (κ3) is 67.3. The van der Waals surface area contributed by atoms with Gasteiger partial charge in [-0.1, -0.05) is 276 Å². The summed E-state index contributed by atoms with van der Waals surface area (Å²) in [5.74, 6) is -0.850. The van der Waals surface area contributed by atoms with E-state index in [9.17, 15) is 19.0 Å². The molecule has 0 radical (unpaired) electrons. The Morgan fingerprint density at radius 2 is 0.679 bits per heavy atom. The van der Waals surface area contributed by atoms with Crippen molar-refractivity contribution in [2.45, 2.75) is 277 Å². The molecule has 0 fully saturated rings. The maximum absolute atomic E-state index is 12.9. The van der Waals surface area contributed by atoms with E-state index in [1.165, 1.54) is 109 Å². The summed E-state index contributed by atoms with van der Waals surface area (Å²) in [7, 11) is 1.15. The summed E-state index contributed by atoms with van der Waals surface area (Å²) in [6.07, 6.45) is 92.3. The highest BCUT2D eigenvalue weighted by atomic mass is 31.2. The quantitative estimate of drug-likeness (QED) is 0.0195. The van der Waals surface area contributed by atoms with Gasteiger partial charge < -0.3 is 27.9 Å². The maximum Gasteiger partial charge on any atom is 0.306 e. The number of phosphoric ester groups is 1. The molecule has 0 spiro atoms.